The Morgan fingerprint density at radius 2 is 1.98 bits per heavy atom. The number of rotatable bonds is 9. The molecule has 2 aromatic rings. The minimum absolute atomic E-state index is 0.0224. The molecule has 2 aliphatic heterocycles. The van der Waals surface area contributed by atoms with Crippen molar-refractivity contribution in [2.45, 2.75) is 77.8 Å². The molecule has 12 heteroatoms. The normalized spacial score (nSPS) is 20.5. The number of carbonyl (C=O) groups is 3. The number of carbonyl (C=O) groups excluding carboxylic acids is 3. The van der Waals surface area contributed by atoms with E-state index in [0.717, 1.165) is 47.6 Å². The molecule has 2 aliphatic rings. The summed E-state index contributed by atoms with van der Waals surface area (Å²) < 4.78 is 6.44. The fraction of sp³-hybridized carbons (Fsp3) is 0.586. The van der Waals surface area contributed by atoms with Crippen molar-refractivity contribution in [1.82, 2.24) is 25.8 Å². The molecule has 1 aromatic heterocycles. The first-order chi connectivity index (χ1) is 19.5. The molecule has 0 radical (unpaired) electrons. The van der Waals surface area contributed by atoms with Crippen molar-refractivity contribution in [2.75, 3.05) is 26.2 Å². The lowest BCUT2D eigenvalue weighted by Crippen LogP contribution is -2.58. The van der Waals surface area contributed by atoms with Gasteiger partial charge in [-0.2, -0.15) is 0 Å². The van der Waals surface area contributed by atoms with Gasteiger partial charge in [0.1, 0.15) is 30.5 Å². The molecule has 0 bridgehead atoms. The first-order valence-corrected chi connectivity index (χ1v) is 14.9. The third-order valence-corrected chi connectivity index (χ3v) is 8.51. The second kappa shape index (κ2) is 13.3. The Hall–Kier alpha value is -3.06. The second-order valence-corrected chi connectivity index (χ2v) is 12.6. The molecule has 0 saturated carbocycles. The second-order valence-electron chi connectivity index (χ2n) is 11.8. The number of ether oxygens (including phenoxy) is 1. The van der Waals surface area contributed by atoms with Gasteiger partial charge in [0, 0.05) is 25.1 Å². The van der Waals surface area contributed by atoms with Gasteiger partial charge in [-0.15, -0.1) is 11.3 Å². The van der Waals surface area contributed by atoms with Crippen molar-refractivity contribution in [3.63, 3.8) is 0 Å². The fourth-order valence-electron chi connectivity index (χ4n) is 5.25. The largest absolute Gasteiger partial charge is 0.490 e. The van der Waals surface area contributed by atoms with E-state index in [9.17, 15) is 24.6 Å². The summed E-state index contributed by atoms with van der Waals surface area (Å²) in [6, 6.07) is 4.05. The van der Waals surface area contributed by atoms with Gasteiger partial charge >= 0.3 is 0 Å². The summed E-state index contributed by atoms with van der Waals surface area (Å²) in [7, 11) is 0. The summed E-state index contributed by atoms with van der Waals surface area (Å²) in [6.45, 7) is 8.50. The Balaban J connectivity index is 1.51. The number of aliphatic hydroxyl groups excluding tert-OH is 2. The number of benzene rings is 1. The molecular weight excluding hydrogens is 546 g/mol. The lowest BCUT2D eigenvalue weighted by molar-refractivity contribution is -0.144. The predicted octanol–water partition coefficient (Wildman–Crippen LogP) is 1.35. The lowest BCUT2D eigenvalue weighted by atomic mass is 9.85. The molecule has 0 aliphatic carbocycles. The maximum atomic E-state index is 13.5. The van der Waals surface area contributed by atoms with E-state index in [0.29, 0.717) is 5.75 Å². The van der Waals surface area contributed by atoms with Crippen LogP contribution in [0.1, 0.15) is 51.3 Å². The van der Waals surface area contributed by atoms with Crippen LogP contribution in [0.5, 0.6) is 5.75 Å². The number of β-amino-alcohol motifs (C(OH)–C–C–N with tert-alkyl or cyclic N) is 1. The van der Waals surface area contributed by atoms with E-state index < -0.39 is 47.9 Å². The molecule has 224 valence electrons. The zero-order valence-corrected chi connectivity index (χ0v) is 24.9. The van der Waals surface area contributed by atoms with Gasteiger partial charge in [-0.05, 0) is 49.9 Å². The highest BCUT2D eigenvalue weighted by Gasteiger charge is 2.44. The van der Waals surface area contributed by atoms with Gasteiger partial charge < -0.3 is 35.8 Å². The van der Waals surface area contributed by atoms with Crippen LogP contribution in [-0.2, 0) is 20.9 Å². The lowest BCUT2D eigenvalue weighted by Gasteiger charge is -2.35. The number of piperidine rings is 1. The molecule has 2 saturated heterocycles. The number of hydrogen-bond donors (Lipinski definition) is 5. The quantitative estimate of drug-likeness (QED) is 0.295. The summed E-state index contributed by atoms with van der Waals surface area (Å²) in [5.41, 5.74) is 3.88. The van der Waals surface area contributed by atoms with E-state index in [-0.39, 0.29) is 25.6 Å². The number of aromatic nitrogens is 1. The molecule has 0 spiro atoms. The number of likely N-dealkylation sites (tertiary alicyclic amines) is 1. The van der Waals surface area contributed by atoms with Gasteiger partial charge in [-0.25, -0.2) is 4.98 Å². The fourth-order valence-corrected chi connectivity index (χ4v) is 6.05. The molecule has 4 rings (SSSR count). The Morgan fingerprint density at radius 1 is 1.24 bits per heavy atom. The number of nitrogens with zero attached hydrogens (tertiary/aromatic N) is 2. The van der Waals surface area contributed by atoms with Crippen LogP contribution in [0, 0.1) is 12.3 Å². The Labute approximate surface area is 244 Å². The maximum absolute atomic E-state index is 13.5. The highest BCUT2D eigenvalue weighted by atomic mass is 32.1. The van der Waals surface area contributed by atoms with E-state index in [1.54, 1.807) is 32.1 Å². The number of thiazole rings is 1. The van der Waals surface area contributed by atoms with Crippen LogP contribution >= 0.6 is 11.3 Å². The molecule has 2 fully saturated rings. The average Bonchev–Trinajstić information content (AvgIpc) is 3.55. The minimum atomic E-state index is -0.976. The van der Waals surface area contributed by atoms with Gasteiger partial charge in [0.05, 0.1) is 22.2 Å². The summed E-state index contributed by atoms with van der Waals surface area (Å²) >= 11 is 1.56. The van der Waals surface area contributed by atoms with Crippen molar-refractivity contribution >= 4 is 29.1 Å². The van der Waals surface area contributed by atoms with Crippen LogP contribution in [0.25, 0.3) is 10.4 Å². The van der Waals surface area contributed by atoms with E-state index in [2.05, 4.69) is 20.9 Å². The number of aliphatic hydroxyl groups is 2. The zero-order valence-electron chi connectivity index (χ0n) is 24.1. The van der Waals surface area contributed by atoms with Gasteiger partial charge in [0.15, 0.2) is 0 Å². The number of nitrogens with one attached hydrogen (secondary N) is 3. The molecule has 3 heterocycles. The third kappa shape index (κ3) is 7.62. The van der Waals surface area contributed by atoms with Gasteiger partial charge in [0.25, 0.3) is 0 Å². The smallest absolute Gasteiger partial charge is 0.246 e. The minimum Gasteiger partial charge on any atom is -0.490 e. The Bertz CT molecular complexity index is 1240. The van der Waals surface area contributed by atoms with Gasteiger partial charge in [-0.1, -0.05) is 32.9 Å². The summed E-state index contributed by atoms with van der Waals surface area (Å²) in [4.78, 5) is 45.7. The van der Waals surface area contributed by atoms with Crippen LogP contribution in [-0.4, -0.2) is 88.4 Å². The summed E-state index contributed by atoms with van der Waals surface area (Å²) in [5, 5.41) is 28.5. The highest BCUT2D eigenvalue weighted by Crippen LogP contribution is 2.33. The predicted molar refractivity (Wildman–Crippen MR) is 155 cm³/mol. The van der Waals surface area contributed by atoms with Crippen LogP contribution < -0.4 is 20.7 Å². The average molecular weight is 588 g/mol. The molecule has 11 nitrogen and oxygen atoms in total. The summed E-state index contributed by atoms with van der Waals surface area (Å²) in [6.07, 6.45) is 1.04. The standard InChI is InChI=1S/C29H41N5O6S/c1-17-25(41-16-32-17)18-5-6-19(23(11-18)40-21-7-9-30-10-8-21)13-31-27(38)22-12-20(36)14-34(22)28(39)26(29(2,3)4)33-24(37)15-35/h5-6,11,16,20-22,26,30,35-36H,7-10,12-15H2,1-4H3,(H,31,38)(H,33,37)/t20-,22+,26-/m1/s1. The summed E-state index contributed by atoms with van der Waals surface area (Å²) in [5.74, 6) is -0.861. The number of aryl methyl sites for hydroxylation is 1. The molecule has 5 N–H and O–H groups in total. The highest BCUT2D eigenvalue weighted by molar-refractivity contribution is 7.13. The number of amides is 3. The van der Waals surface area contributed by atoms with Crippen LogP contribution in [0.2, 0.25) is 0 Å². The van der Waals surface area contributed by atoms with E-state index >= 15 is 0 Å². The van der Waals surface area contributed by atoms with Gasteiger partial charge in [0.2, 0.25) is 17.7 Å². The number of hydrogen-bond acceptors (Lipinski definition) is 9. The molecule has 1 aromatic carbocycles. The third-order valence-electron chi connectivity index (χ3n) is 7.53. The Morgan fingerprint density at radius 3 is 2.61 bits per heavy atom. The van der Waals surface area contributed by atoms with E-state index in [1.165, 1.54) is 4.90 Å². The van der Waals surface area contributed by atoms with E-state index in [4.69, 9.17) is 4.74 Å². The van der Waals surface area contributed by atoms with Crippen molar-refractivity contribution in [3.05, 3.63) is 35.0 Å². The van der Waals surface area contributed by atoms with Crippen LogP contribution in [0.4, 0.5) is 0 Å². The zero-order chi connectivity index (χ0) is 29.7. The molecule has 0 unspecified atom stereocenters. The van der Waals surface area contributed by atoms with Crippen LogP contribution in [0.3, 0.4) is 0 Å². The Kier molecular flexibility index (Phi) is 10.0. The molecule has 3 atom stereocenters. The first-order valence-electron chi connectivity index (χ1n) is 14.0. The topological polar surface area (TPSA) is 153 Å². The maximum Gasteiger partial charge on any atom is 0.246 e. The van der Waals surface area contributed by atoms with Crippen molar-refractivity contribution < 1.29 is 29.3 Å². The van der Waals surface area contributed by atoms with Crippen molar-refractivity contribution in [3.8, 4) is 16.2 Å². The monoisotopic (exact) mass is 587 g/mol. The van der Waals surface area contributed by atoms with Crippen molar-refractivity contribution in [2.24, 2.45) is 5.41 Å². The molecule has 3 amide bonds. The molecule has 41 heavy (non-hydrogen) atoms. The first kappa shape index (κ1) is 30.9. The SMILES string of the molecule is Cc1ncsc1-c1ccc(CNC(=O)[C@@H]2C[C@@H](O)CN2C(=O)[C@@H](NC(=O)CO)C(C)(C)C)c(OC2CCNCC2)c1. The van der Waals surface area contributed by atoms with Gasteiger partial charge in [-0.3, -0.25) is 14.4 Å². The van der Waals surface area contributed by atoms with E-state index in [1.807, 2.05) is 30.6 Å². The van der Waals surface area contributed by atoms with Crippen molar-refractivity contribution in [1.29, 1.82) is 0 Å². The molecular formula is C29H41N5O6S. The van der Waals surface area contributed by atoms with Crippen LogP contribution in [0.15, 0.2) is 23.7 Å².